The van der Waals surface area contributed by atoms with Crippen molar-refractivity contribution in [3.05, 3.63) is 41.2 Å². The van der Waals surface area contributed by atoms with Gasteiger partial charge in [0.05, 0.1) is 6.20 Å². The van der Waals surface area contributed by atoms with Gasteiger partial charge in [0.2, 0.25) is 0 Å². The number of aromatic nitrogens is 1. The zero-order valence-electron chi connectivity index (χ0n) is 12.3. The molecule has 0 atom stereocenters. The van der Waals surface area contributed by atoms with Crippen LogP contribution < -0.4 is 10.6 Å². The molecule has 3 rings (SSSR count). The fraction of sp³-hybridized carbons (Fsp3) is 0.333. The molecule has 0 aliphatic carbocycles. The molecule has 1 aliphatic heterocycles. The summed E-state index contributed by atoms with van der Waals surface area (Å²) >= 11 is 1.22. The minimum absolute atomic E-state index is 0. The Labute approximate surface area is 150 Å². The monoisotopic (exact) mass is 377 g/mol. The molecule has 23 heavy (non-hydrogen) atoms. The van der Waals surface area contributed by atoms with Crippen molar-refractivity contribution in [2.45, 2.75) is 18.9 Å². The second-order valence-corrected chi connectivity index (χ2v) is 6.04. The summed E-state index contributed by atoms with van der Waals surface area (Å²) in [7, 11) is 0. The molecule has 1 aliphatic rings. The largest absolute Gasteiger partial charge is 0.348 e. The summed E-state index contributed by atoms with van der Waals surface area (Å²) < 4.78 is 13.7. The van der Waals surface area contributed by atoms with Crippen molar-refractivity contribution in [3.8, 4) is 10.6 Å². The van der Waals surface area contributed by atoms with E-state index in [0.717, 1.165) is 25.9 Å². The van der Waals surface area contributed by atoms with E-state index < -0.39 is 0 Å². The van der Waals surface area contributed by atoms with Gasteiger partial charge in [0.15, 0.2) is 0 Å². The number of hydrogen-bond donors (Lipinski definition) is 2. The van der Waals surface area contributed by atoms with E-state index in [-0.39, 0.29) is 42.6 Å². The predicted molar refractivity (Wildman–Crippen MR) is 95.4 cm³/mol. The van der Waals surface area contributed by atoms with E-state index in [1.54, 1.807) is 18.2 Å². The van der Waals surface area contributed by atoms with Crippen molar-refractivity contribution in [1.82, 2.24) is 15.6 Å². The number of nitrogens with zero attached hydrogens (tertiary/aromatic N) is 1. The summed E-state index contributed by atoms with van der Waals surface area (Å²) in [5.41, 5.74) is 0.434. The summed E-state index contributed by atoms with van der Waals surface area (Å²) in [6.07, 6.45) is 3.39. The number of thiazole rings is 1. The molecule has 0 bridgehead atoms. The van der Waals surface area contributed by atoms with Crippen LogP contribution in [0.15, 0.2) is 30.5 Å². The molecule has 1 aromatic carbocycles. The Morgan fingerprint density at radius 1 is 1.26 bits per heavy atom. The Kier molecular flexibility index (Phi) is 7.91. The molecule has 2 N–H and O–H groups in total. The molecular weight excluding hydrogens is 360 g/mol. The van der Waals surface area contributed by atoms with Crippen molar-refractivity contribution >= 4 is 42.1 Å². The highest BCUT2D eigenvalue weighted by molar-refractivity contribution is 7.16. The van der Waals surface area contributed by atoms with Crippen LogP contribution in [-0.4, -0.2) is 30.0 Å². The molecule has 0 saturated carbocycles. The first-order chi connectivity index (χ1) is 10.2. The molecule has 0 radical (unpaired) electrons. The topological polar surface area (TPSA) is 54.0 Å². The molecule has 2 aromatic rings. The van der Waals surface area contributed by atoms with Crippen molar-refractivity contribution < 1.29 is 9.18 Å². The SMILES string of the molecule is Cl.Cl.O=C(NC1CCNCC1)c1cnc(-c2ccccc2F)s1. The Morgan fingerprint density at radius 2 is 1.96 bits per heavy atom. The van der Waals surface area contributed by atoms with E-state index in [4.69, 9.17) is 0 Å². The number of halogens is 3. The third-order valence-electron chi connectivity index (χ3n) is 3.51. The van der Waals surface area contributed by atoms with Gasteiger partial charge >= 0.3 is 0 Å². The van der Waals surface area contributed by atoms with Crippen LogP contribution in [-0.2, 0) is 0 Å². The zero-order chi connectivity index (χ0) is 14.7. The highest BCUT2D eigenvalue weighted by Gasteiger charge is 2.19. The van der Waals surface area contributed by atoms with Crippen LogP contribution in [0, 0.1) is 5.82 Å². The molecule has 4 nitrogen and oxygen atoms in total. The second kappa shape index (κ2) is 9.17. The standard InChI is InChI=1S/C15H16FN3OS.2ClH/c16-12-4-2-1-3-11(12)15-18-9-13(21-15)14(20)19-10-5-7-17-8-6-10;;/h1-4,9-10,17H,5-8H2,(H,19,20);2*1H. The van der Waals surface area contributed by atoms with E-state index >= 15 is 0 Å². The lowest BCUT2D eigenvalue weighted by Gasteiger charge is -2.23. The van der Waals surface area contributed by atoms with Gasteiger partial charge < -0.3 is 10.6 Å². The molecule has 0 unspecified atom stereocenters. The van der Waals surface area contributed by atoms with Crippen LogP contribution in [0.2, 0.25) is 0 Å². The predicted octanol–water partition coefficient (Wildman–Crippen LogP) is 3.27. The summed E-state index contributed by atoms with van der Waals surface area (Å²) in [6, 6.07) is 6.66. The summed E-state index contributed by atoms with van der Waals surface area (Å²) in [6.45, 7) is 1.85. The Bertz CT molecular complexity index is 647. The van der Waals surface area contributed by atoms with E-state index in [1.165, 1.54) is 23.6 Å². The van der Waals surface area contributed by atoms with Gasteiger partial charge in [0, 0.05) is 11.6 Å². The van der Waals surface area contributed by atoms with Crippen molar-refractivity contribution in [1.29, 1.82) is 0 Å². The number of benzene rings is 1. The first-order valence-corrected chi connectivity index (χ1v) is 7.78. The quantitative estimate of drug-likeness (QED) is 0.862. The number of nitrogens with one attached hydrogen (secondary N) is 2. The fourth-order valence-corrected chi connectivity index (χ4v) is 3.21. The fourth-order valence-electron chi connectivity index (χ4n) is 2.36. The van der Waals surface area contributed by atoms with Crippen LogP contribution in [0.5, 0.6) is 0 Å². The highest BCUT2D eigenvalue weighted by Crippen LogP contribution is 2.27. The molecule has 126 valence electrons. The first-order valence-electron chi connectivity index (χ1n) is 6.96. The van der Waals surface area contributed by atoms with Gasteiger partial charge in [-0.1, -0.05) is 12.1 Å². The average Bonchev–Trinajstić information content (AvgIpc) is 2.98. The number of amides is 1. The van der Waals surface area contributed by atoms with Crippen LogP contribution in [0.1, 0.15) is 22.5 Å². The third kappa shape index (κ3) is 4.88. The lowest BCUT2D eigenvalue weighted by atomic mass is 10.1. The lowest BCUT2D eigenvalue weighted by Crippen LogP contribution is -2.42. The van der Waals surface area contributed by atoms with Gasteiger partial charge in [-0.05, 0) is 38.1 Å². The van der Waals surface area contributed by atoms with Gasteiger partial charge in [-0.2, -0.15) is 0 Å². The average molecular weight is 378 g/mol. The van der Waals surface area contributed by atoms with Crippen LogP contribution in [0.4, 0.5) is 4.39 Å². The van der Waals surface area contributed by atoms with Gasteiger partial charge in [-0.3, -0.25) is 4.79 Å². The van der Waals surface area contributed by atoms with E-state index in [9.17, 15) is 9.18 Å². The minimum atomic E-state index is -0.322. The van der Waals surface area contributed by atoms with Crippen molar-refractivity contribution in [2.75, 3.05) is 13.1 Å². The van der Waals surface area contributed by atoms with Crippen molar-refractivity contribution in [2.24, 2.45) is 0 Å². The number of carbonyl (C=O) groups excluding carboxylic acids is 1. The Morgan fingerprint density at radius 3 is 2.65 bits per heavy atom. The van der Waals surface area contributed by atoms with Crippen LogP contribution in [0.3, 0.4) is 0 Å². The highest BCUT2D eigenvalue weighted by atomic mass is 35.5. The number of carbonyl (C=O) groups is 1. The second-order valence-electron chi connectivity index (χ2n) is 5.01. The maximum Gasteiger partial charge on any atom is 0.263 e. The van der Waals surface area contributed by atoms with Crippen LogP contribution in [0.25, 0.3) is 10.6 Å². The number of hydrogen-bond acceptors (Lipinski definition) is 4. The molecule has 1 saturated heterocycles. The van der Waals surface area contributed by atoms with Gasteiger partial charge in [0.25, 0.3) is 5.91 Å². The maximum absolute atomic E-state index is 13.7. The molecule has 2 heterocycles. The molecule has 1 fully saturated rings. The Balaban J connectivity index is 0.00000132. The zero-order valence-corrected chi connectivity index (χ0v) is 14.7. The van der Waals surface area contributed by atoms with E-state index in [2.05, 4.69) is 15.6 Å². The Hall–Kier alpha value is -1.21. The summed E-state index contributed by atoms with van der Waals surface area (Å²) in [5.74, 6) is -0.445. The van der Waals surface area contributed by atoms with Gasteiger partial charge in [-0.15, -0.1) is 36.2 Å². The molecule has 1 aromatic heterocycles. The van der Waals surface area contributed by atoms with E-state index in [0.29, 0.717) is 15.4 Å². The number of piperidine rings is 1. The molecule has 0 spiro atoms. The van der Waals surface area contributed by atoms with Gasteiger partial charge in [-0.25, -0.2) is 9.37 Å². The lowest BCUT2D eigenvalue weighted by molar-refractivity contribution is 0.0933. The molecular formula is C15H18Cl2FN3OS. The van der Waals surface area contributed by atoms with Gasteiger partial charge in [0.1, 0.15) is 15.7 Å². The first kappa shape index (κ1) is 19.8. The van der Waals surface area contributed by atoms with Crippen LogP contribution >= 0.6 is 36.2 Å². The molecule has 8 heteroatoms. The minimum Gasteiger partial charge on any atom is -0.348 e. The third-order valence-corrected chi connectivity index (χ3v) is 4.54. The maximum atomic E-state index is 13.7. The van der Waals surface area contributed by atoms with E-state index in [1.807, 2.05) is 0 Å². The summed E-state index contributed by atoms with van der Waals surface area (Å²) in [5, 5.41) is 6.80. The van der Waals surface area contributed by atoms with Crippen molar-refractivity contribution in [3.63, 3.8) is 0 Å². The summed E-state index contributed by atoms with van der Waals surface area (Å²) in [4.78, 5) is 16.9. The molecule has 1 amide bonds. The normalized spacial score (nSPS) is 14.5. The smallest absolute Gasteiger partial charge is 0.263 e. The number of rotatable bonds is 3.